The number of ether oxygens (including phenoxy) is 6. The molecule has 0 saturated carbocycles. The summed E-state index contributed by atoms with van der Waals surface area (Å²) in [6, 6.07) is 17.7. The number of epoxide rings is 2. The van der Waals surface area contributed by atoms with E-state index in [2.05, 4.69) is 222 Å². The number of rotatable bonds is 28. The van der Waals surface area contributed by atoms with Gasteiger partial charge in [0, 0.05) is 10.8 Å². The number of benzene rings is 4. The first-order valence-corrected chi connectivity index (χ1v) is 30.4. The van der Waals surface area contributed by atoms with Gasteiger partial charge in [0.25, 0.3) is 0 Å². The summed E-state index contributed by atoms with van der Waals surface area (Å²) in [6.07, 6.45) is 13.8. The van der Waals surface area contributed by atoms with Crippen LogP contribution in [0.5, 0.6) is 23.0 Å². The molecule has 0 N–H and O–H groups in total. The zero-order valence-electron chi connectivity index (χ0n) is 41.9. The van der Waals surface area contributed by atoms with Crippen LogP contribution < -0.4 is 18.9 Å². The number of halogens is 7. The molecule has 2 unspecified atom stereocenters. The van der Waals surface area contributed by atoms with Gasteiger partial charge in [0.05, 0.1) is 69.9 Å². The van der Waals surface area contributed by atoms with Crippen LogP contribution in [0, 0.1) is 6.92 Å². The highest BCUT2D eigenvalue weighted by Crippen LogP contribution is 2.48. The molecule has 6 nitrogen and oxygen atoms in total. The van der Waals surface area contributed by atoms with Crippen molar-refractivity contribution in [1.82, 2.24) is 0 Å². The molecule has 0 radical (unpaired) electrons. The minimum atomic E-state index is -0.307. The summed E-state index contributed by atoms with van der Waals surface area (Å²) in [5, 5.41) is 0. The Labute approximate surface area is 472 Å². The smallest absolute Gasteiger partial charge is 0.148 e. The van der Waals surface area contributed by atoms with E-state index < -0.39 is 0 Å². The molecule has 13 heteroatoms. The van der Waals surface area contributed by atoms with Crippen LogP contribution in [0.25, 0.3) is 0 Å². The van der Waals surface area contributed by atoms with Crippen LogP contribution in [0.3, 0.4) is 0 Å². The van der Waals surface area contributed by atoms with E-state index in [1.54, 1.807) is 0 Å². The monoisotopic (exact) mass is 1390 g/mol. The van der Waals surface area contributed by atoms with Gasteiger partial charge in [-0.05, 0) is 272 Å². The fraction of sp³-hybridized carbons (Fsp3) is 0.571. The lowest BCUT2D eigenvalue weighted by Crippen LogP contribution is -2.35. The highest BCUT2D eigenvalue weighted by atomic mass is 79.9. The summed E-state index contributed by atoms with van der Waals surface area (Å²) in [6.45, 7) is 23.2. The third kappa shape index (κ3) is 14.8. The fourth-order valence-corrected chi connectivity index (χ4v) is 14.0. The molecule has 0 aromatic heterocycles. The third-order valence-corrected chi connectivity index (χ3v) is 18.9. The minimum Gasteiger partial charge on any atom is -0.492 e. The van der Waals surface area contributed by atoms with Crippen LogP contribution >= 0.6 is 112 Å². The Balaban J connectivity index is 1.03. The largest absolute Gasteiger partial charge is 0.492 e. The number of hydrogen-bond donors (Lipinski definition) is 0. The molecule has 6 rings (SSSR count). The first kappa shape index (κ1) is 57.6. The summed E-state index contributed by atoms with van der Waals surface area (Å²) in [4.78, 5) is 0. The molecule has 0 amide bonds. The van der Waals surface area contributed by atoms with Crippen molar-refractivity contribution in [2.24, 2.45) is 0 Å². The first-order chi connectivity index (χ1) is 32.7. The molecule has 2 heterocycles. The Kier molecular flexibility index (Phi) is 21.1. The normalized spacial score (nSPS) is 16.2. The molecule has 2 aliphatic heterocycles. The van der Waals surface area contributed by atoms with Gasteiger partial charge in [-0.25, -0.2) is 0 Å². The maximum absolute atomic E-state index is 7.02. The molecule has 0 spiro atoms. The van der Waals surface area contributed by atoms with Crippen molar-refractivity contribution in [1.29, 1.82) is 0 Å². The number of hydrogen-bond acceptors (Lipinski definition) is 6. The SMILES string of the molecule is CCC(CC)(CCCCCOc1c(C)cc(C(C)(C)c2cc(Br)c(OC(CC)(CC)CCCC3CO3)c(Br)c2)cc1Br)Oc1c(Br)cc(C(C)(C)c2cc(Br)c(OCCCC3CO3)c(Br)c2)cc1Br. The molecule has 2 atom stereocenters. The van der Waals surface area contributed by atoms with Gasteiger partial charge in [0.1, 0.15) is 34.2 Å². The lowest BCUT2D eigenvalue weighted by molar-refractivity contribution is 0.0461. The van der Waals surface area contributed by atoms with E-state index in [0.717, 1.165) is 168 Å². The van der Waals surface area contributed by atoms with E-state index in [1.165, 1.54) is 11.1 Å². The molecule has 2 aliphatic rings. The van der Waals surface area contributed by atoms with Crippen molar-refractivity contribution < 1.29 is 28.4 Å². The average molecular weight is 1400 g/mol. The Bertz CT molecular complexity index is 2270. The summed E-state index contributed by atoms with van der Waals surface area (Å²) in [5.74, 6) is 3.45. The van der Waals surface area contributed by atoms with E-state index >= 15 is 0 Å². The summed E-state index contributed by atoms with van der Waals surface area (Å²) in [5.41, 5.74) is 4.75. The van der Waals surface area contributed by atoms with Gasteiger partial charge in [-0.1, -0.05) is 61.5 Å². The van der Waals surface area contributed by atoms with Crippen molar-refractivity contribution in [3.8, 4) is 23.0 Å². The van der Waals surface area contributed by atoms with Crippen LogP contribution in [0.2, 0.25) is 0 Å². The fourth-order valence-electron chi connectivity index (χ4n) is 9.24. The maximum Gasteiger partial charge on any atom is 0.148 e. The van der Waals surface area contributed by atoms with Gasteiger partial charge in [0.2, 0.25) is 0 Å². The second-order valence-corrected chi connectivity index (χ2v) is 26.1. The van der Waals surface area contributed by atoms with Crippen molar-refractivity contribution in [3.63, 3.8) is 0 Å². The van der Waals surface area contributed by atoms with E-state index in [9.17, 15) is 0 Å². The molecule has 380 valence electrons. The molecule has 4 aromatic rings. The topological polar surface area (TPSA) is 62.0 Å². The van der Waals surface area contributed by atoms with Gasteiger partial charge in [-0.3, -0.25) is 0 Å². The van der Waals surface area contributed by atoms with Gasteiger partial charge in [0.15, 0.2) is 0 Å². The van der Waals surface area contributed by atoms with E-state index in [4.69, 9.17) is 28.4 Å². The zero-order valence-corrected chi connectivity index (χ0v) is 53.0. The minimum absolute atomic E-state index is 0.214. The lowest BCUT2D eigenvalue weighted by atomic mass is 9.77. The molecular weight excluding hydrogens is 1330 g/mol. The highest BCUT2D eigenvalue weighted by Gasteiger charge is 2.35. The molecule has 69 heavy (non-hydrogen) atoms. The summed E-state index contributed by atoms with van der Waals surface area (Å²) in [7, 11) is 0. The zero-order chi connectivity index (χ0) is 50.3. The van der Waals surface area contributed by atoms with Crippen LogP contribution in [0.15, 0.2) is 79.8 Å². The van der Waals surface area contributed by atoms with Crippen molar-refractivity contribution in [2.75, 3.05) is 26.4 Å². The number of unbranched alkanes of at least 4 members (excludes halogenated alkanes) is 2. The molecular formula is C56H71Br7O6. The third-order valence-electron chi connectivity index (χ3n) is 14.7. The predicted octanol–water partition coefficient (Wildman–Crippen LogP) is 19.6. The van der Waals surface area contributed by atoms with Crippen LogP contribution in [-0.4, -0.2) is 49.8 Å². The highest BCUT2D eigenvalue weighted by molar-refractivity contribution is 9.12. The standard InChI is InChI=1S/C56H71Br7O6/c1-10-55(11-2,68-51-47(62)31-39(32-48(51)63)54(8,9)37-27-43(58)50(44(59)28-37)65-24-18-20-41-34-67-41)21-15-14-16-23-64-49-35(5)25-36(26-42(49)57)53(6,7)38-29-45(60)52(46(61)30-38)69-56(12-3,13-4)22-17-19-40-33-66-40/h25-32,40-41H,10-24,33-34H2,1-9H3. The Morgan fingerprint density at radius 3 is 1.17 bits per heavy atom. The summed E-state index contributed by atoms with van der Waals surface area (Å²) >= 11 is 27.2. The quantitative estimate of drug-likeness (QED) is 0.0417. The van der Waals surface area contributed by atoms with E-state index in [0.29, 0.717) is 25.4 Å². The molecule has 2 fully saturated rings. The van der Waals surface area contributed by atoms with E-state index in [1.807, 2.05) is 0 Å². The number of aryl methyl sites for hydroxylation is 1. The Hall–Kier alpha value is -0.640. The lowest BCUT2D eigenvalue weighted by Gasteiger charge is -2.35. The Morgan fingerprint density at radius 2 is 0.783 bits per heavy atom. The van der Waals surface area contributed by atoms with Crippen molar-refractivity contribution in [2.45, 2.75) is 180 Å². The first-order valence-electron chi connectivity index (χ1n) is 24.9. The molecule has 2 saturated heterocycles. The van der Waals surface area contributed by atoms with Gasteiger partial charge in [-0.2, -0.15) is 0 Å². The average Bonchev–Trinajstić information content (AvgIpc) is 4.26. The van der Waals surface area contributed by atoms with Gasteiger partial charge >= 0.3 is 0 Å². The van der Waals surface area contributed by atoms with Gasteiger partial charge in [-0.15, -0.1) is 0 Å². The molecule has 0 aliphatic carbocycles. The second kappa shape index (κ2) is 25.3. The van der Waals surface area contributed by atoms with Gasteiger partial charge < -0.3 is 28.4 Å². The predicted molar refractivity (Wildman–Crippen MR) is 309 cm³/mol. The van der Waals surface area contributed by atoms with Crippen LogP contribution in [-0.2, 0) is 20.3 Å². The van der Waals surface area contributed by atoms with Crippen molar-refractivity contribution >= 4 is 112 Å². The second-order valence-electron chi connectivity index (χ2n) is 20.1. The summed E-state index contributed by atoms with van der Waals surface area (Å²) < 4.78 is 44.0. The molecule has 0 bridgehead atoms. The van der Waals surface area contributed by atoms with Crippen LogP contribution in [0.4, 0.5) is 0 Å². The maximum atomic E-state index is 7.02. The Morgan fingerprint density at radius 1 is 0.449 bits per heavy atom. The van der Waals surface area contributed by atoms with Crippen LogP contribution in [0.1, 0.15) is 167 Å². The molecule has 4 aromatic carbocycles. The van der Waals surface area contributed by atoms with Crippen molar-refractivity contribution in [3.05, 3.63) is 108 Å². The van der Waals surface area contributed by atoms with E-state index in [-0.39, 0.29) is 22.0 Å².